The lowest BCUT2D eigenvalue weighted by Gasteiger charge is -2.14. The molecular formula is C12H4Br6O2. The van der Waals surface area contributed by atoms with E-state index in [-0.39, 0.29) is 5.75 Å². The SMILES string of the molecule is Oc1c(Br)c(Br)cc(Oc2c(Br)cc(Br)cc2Br)c1Br. The number of rotatable bonds is 2. The monoisotopic (exact) mass is 654 g/mol. The van der Waals surface area contributed by atoms with Crippen molar-refractivity contribution in [2.45, 2.75) is 0 Å². The summed E-state index contributed by atoms with van der Waals surface area (Å²) in [5, 5.41) is 9.99. The summed E-state index contributed by atoms with van der Waals surface area (Å²) >= 11 is 20.3. The van der Waals surface area contributed by atoms with Crippen LogP contribution in [-0.2, 0) is 0 Å². The van der Waals surface area contributed by atoms with Crippen LogP contribution in [0.4, 0.5) is 0 Å². The Morgan fingerprint density at radius 1 is 0.750 bits per heavy atom. The molecule has 0 aliphatic rings. The zero-order chi connectivity index (χ0) is 15.0. The molecule has 0 aliphatic carbocycles. The maximum absolute atomic E-state index is 9.99. The second-order valence-electron chi connectivity index (χ2n) is 3.63. The largest absolute Gasteiger partial charge is 0.505 e. The molecule has 106 valence electrons. The Morgan fingerprint density at radius 3 is 1.85 bits per heavy atom. The molecule has 2 rings (SSSR count). The average Bonchev–Trinajstić information content (AvgIpc) is 2.37. The lowest BCUT2D eigenvalue weighted by Crippen LogP contribution is -1.90. The van der Waals surface area contributed by atoms with Crippen molar-refractivity contribution in [3.63, 3.8) is 0 Å². The first kappa shape index (κ1) is 17.3. The van der Waals surface area contributed by atoms with Gasteiger partial charge in [-0.1, -0.05) is 15.9 Å². The zero-order valence-corrected chi connectivity index (χ0v) is 18.9. The van der Waals surface area contributed by atoms with E-state index in [0.29, 0.717) is 24.9 Å². The summed E-state index contributed by atoms with van der Waals surface area (Å²) in [7, 11) is 0. The van der Waals surface area contributed by atoms with Gasteiger partial charge in [-0.2, -0.15) is 0 Å². The molecule has 2 aromatic rings. The van der Waals surface area contributed by atoms with Gasteiger partial charge in [0.05, 0.1) is 13.4 Å². The quantitative estimate of drug-likeness (QED) is 0.334. The van der Waals surface area contributed by atoms with Gasteiger partial charge in [-0.25, -0.2) is 0 Å². The maximum Gasteiger partial charge on any atom is 0.155 e. The Hall–Kier alpha value is 0.920. The lowest BCUT2D eigenvalue weighted by atomic mass is 10.3. The third kappa shape index (κ3) is 3.63. The van der Waals surface area contributed by atoms with E-state index in [1.165, 1.54) is 0 Å². The van der Waals surface area contributed by atoms with Gasteiger partial charge >= 0.3 is 0 Å². The molecule has 0 heterocycles. The van der Waals surface area contributed by atoms with Crippen molar-refractivity contribution in [3.05, 3.63) is 45.0 Å². The van der Waals surface area contributed by atoms with E-state index in [2.05, 4.69) is 95.6 Å². The van der Waals surface area contributed by atoms with Gasteiger partial charge in [-0.15, -0.1) is 0 Å². The molecule has 0 aliphatic heterocycles. The number of halogens is 6. The van der Waals surface area contributed by atoms with Gasteiger partial charge < -0.3 is 9.84 Å². The number of phenols is 1. The van der Waals surface area contributed by atoms with Crippen LogP contribution in [0, 0.1) is 0 Å². The van der Waals surface area contributed by atoms with Crippen molar-refractivity contribution in [1.29, 1.82) is 0 Å². The summed E-state index contributed by atoms with van der Waals surface area (Å²) in [6, 6.07) is 5.51. The summed E-state index contributed by atoms with van der Waals surface area (Å²) in [4.78, 5) is 0. The lowest BCUT2D eigenvalue weighted by molar-refractivity contribution is 0.444. The van der Waals surface area contributed by atoms with E-state index in [4.69, 9.17) is 4.74 Å². The van der Waals surface area contributed by atoms with Crippen molar-refractivity contribution in [1.82, 2.24) is 0 Å². The third-order valence-electron chi connectivity index (χ3n) is 2.27. The molecule has 2 nitrogen and oxygen atoms in total. The molecule has 0 spiro atoms. The normalized spacial score (nSPS) is 10.7. The van der Waals surface area contributed by atoms with E-state index < -0.39 is 0 Å². The fraction of sp³-hybridized carbons (Fsp3) is 0. The highest BCUT2D eigenvalue weighted by Gasteiger charge is 2.17. The summed E-state index contributed by atoms with van der Waals surface area (Å²) in [6.45, 7) is 0. The number of aromatic hydroxyl groups is 1. The molecule has 0 unspecified atom stereocenters. The standard InChI is InChI=1S/C12H4Br6O2/c13-4-1-6(15)12(7(16)2-4)20-8-3-5(14)9(17)11(19)10(8)18/h1-3,19H. The summed E-state index contributed by atoms with van der Waals surface area (Å²) in [6.07, 6.45) is 0. The van der Waals surface area contributed by atoms with E-state index in [1.54, 1.807) is 6.07 Å². The van der Waals surface area contributed by atoms with Crippen LogP contribution >= 0.6 is 95.6 Å². The van der Waals surface area contributed by atoms with Gasteiger partial charge in [0.1, 0.15) is 16.0 Å². The Labute approximate surface area is 166 Å². The van der Waals surface area contributed by atoms with Crippen LogP contribution in [0.15, 0.2) is 45.0 Å². The fourth-order valence-electron chi connectivity index (χ4n) is 1.38. The number of hydrogen-bond acceptors (Lipinski definition) is 2. The van der Waals surface area contributed by atoms with Crippen LogP contribution in [-0.4, -0.2) is 5.11 Å². The van der Waals surface area contributed by atoms with Gasteiger partial charge in [0.25, 0.3) is 0 Å². The first-order valence-corrected chi connectivity index (χ1v) is 9.76. The van der Waals surface area contributed by atoms with Crippen molar-refractivity contribution in [2.24, 2.45) is 0 Å². The van der Waals surface area contributed by atoms with Crippen LogP contribution in [0.25, 0.3) is 0 Å². The molecule has 1 N–H and O–H groups in total. The Morgan fingerprint density at radius 2 is 1.30 bits per heavy atom. The van der Waals surface area contributed by atoms with Crippen molar-refractivity contribution in [3.8, 4) is 17.2 Å². The van der Waals surface area contributed by atoms with E-state index in [0.717, 1.165) is 13.4 Å². The van der Waals surface area contributed by atoms with Gasteiger partial charge in [-0.05, 0) is 97.8 Å². The van der Waals surface area contributed by atoms with Crippen LogP contribution in [0.3, 0.4) is 0 Å². The van der Waals surface area contributed by atoms with Gasteiger partial charge in [-0.3, -0.25) is 0 Å². The molecule has 0 radical (unpaired) electrons. The number of benzene rings is 2. The molecule has 0 fully saturated rings. The van der Waals surface area contributed by atoms with E-state index in [1.807, 2.05) is 12.1 Å². The van der Waals surface area contributed by atoms with Crippen molar-refractivity contribution >= 4 is 95.6 Å². The highest BCUT2D eigenvalue weighted by atomic mass is 79.9. The highest BCUT2D eigenvalue weighted by molar-refractivity contribution is 9.13. The van der Waals surface area contributed by atoms with Crippen LogP contribution < -0.4 is 4.74 Å². The average molecular weight is 660 g/mol. The first-order valence-electron chi connectivity index (χ1n) is 5.00. The number of hydrogen-bond donors (Lipinski definition) is 1. The molecule has 20 heavy (non-hydrogen) atoms. The number of phenolic OH excluding ortho intramolecular Hbond substituents is 1. The second-order valence-corrected chi connectivity index (χ2v) is 8.70. The molecule has 0 amide bonds. The van der Waals surface area contributed by atoms with Crippen LogP contribution in [0.1, 0.15) is 0 Å². The second kappa shape index (κ2) is 7.00. The zero-order valence-electron chi connectivity index (χ0n) is 9.36. The van der Waals surface area contributed by atoms with E-state index in [9.17, 15) is 5.11 Å². The predicted octanol–water partition coefficient (Wildman–Crippen LogP) is 7.76. The molecule has 0 bridgehead atoms. The van der Waals surface area contributed by atoms with Crippen LogP contribution in [0.2, 0.25) is 0 Å². The predicted molar refractivity (Wildman–Crippen MR) is 101 cm³/mol. The Bertz CT molecular complexity index is 663. The third-order valence-corrected chi connectivity index (χ3v) is 6.64. The van der Waals surface area contributed by atoms with Gasteiger partial charge in [0.2, 0.25) is 0 Å². The number of ether oxygens (including phenoxy) is 1. The molecule has 0 aromatic heterocycles. The molecule has 8 heteroatoms. The fourth-order valence-corrected chi connectivity index (χ4v) is 5.17. The smallest absolute Gasteiger partial charge is 0.155 e. The maximum atomic E-state index is 9.99. The highest BCUT2D eigenvalue weighted by Crippen LogP contribution is 2.47. The van der Waals surface area contributed by atoms with Crippen molar-refractivity contribution in [2.75, 3.05) is 0 Å². The molecule has 0 atom stereocenters. The Kier molecular flexibility index (Phi) is 6.05. The molecule has 0 saturated carbocycles. The van der Waals surface area contributed by atoms with Crippen LogP contribution in [0.5, 0.6) is 17.2 Å². The minimum atomic E-state index is 0.0683. The minimum Gasteiger partial charge on any atom is -0.505 e. The summed E-state index contributed by atoms with van der Waals surface area (Å²) < 4.78 is 10.1. The first-order chi connectivity index (χ1) is 9.31. The van der Waals surface area contributed by atoms with Gasteiger partial charge in [0.15, 0.2) is 5.75 Å². The minimum absolute atomic E-state index is 0.0683. The summed E-state index contributed by atoms with van der Waals surface area (Å²) in [5.74, 6) is 1.17. The van der Waals surface area contributed by atoms with Crippen molar-refractivity contribution < 1.29 is 9.84 Å². The molecule has 0 saturated heterocycles. The molecule has 2 aromatic carbocycles. The van der Waals surface area contributed by atoms with Gasteiger partial charge in [0, 0.05) is 8.95 Å². The topological polar surface area (TPSA) is 29.5 Å². The summed E-state index contributed by atoms with van der Waals surface area (Å²) in [5.41, 5.74) is 0. The van der Waals surface area contributed by atoms with E-state index >= 15 is 0 Å². The molecular weight excluding hydrogens is 656 g/mol. The Balaban J connectivity index is 2.51.